The van der Waals surface area contributed by atoms with Crippen LogP contribution in [0.4, 0.5) is 10.1 Å². The predicted octanol–water partition coefficient (Wildman–Crippen LogP) is 3.89. The van der Waals surface area contributed by atoms with Gasteiger partial charge in [-0.05, 0) is 25.3 Å². The molecule has 2 fully saturated rings. The summed E-state index contributed by atoms with van der Waals surface area (Å²) in [7, 11) is 1.31. The lowest BCUT2D eigenvalue weighted by atomic mass is 9.89. The highest BCUT2D eigenvalue weighted by molar-refractivity contribution is 5.96. The van der Waals surface area contributed by atoms with Gasteiger partial charge in [0.15, 0.2) is 17.4 Å². The summed E-state index contributed by atoms with van der Waals surface area (Å²) in [6.07, 6.45) is 4.95. The van der Waals surface area contributed by atoms with E-state index in [1.54, 1.807) is 0 Å². The molecule has 7 heteroatoms. The van der Waals surface area contributed by atoms with Crippen molar-refractivity contribution in [3.05, 3.63) is 23.5 Å². The smallest absolute Gasteiger partial charge is 0.340 e. The molecule has 3 rings (SSSR count). The molecule has 150 valence electrons. The lowest BCUT2D eigenvalue weighted by molar-refractivity contribution is -0.177. The Morgan fingerprint density at radius 1 is 1.30 bits per heavy atom. The molecule has 0 radical (unpaired) electrons. The summed E-state index contributed by atoms with van der Waals surface area (Å²) in [6, 6.07) is 2.85. The number of anilines is 1. The van der Waals surface area contributed by atoms with Crippen LogP contribution in [-0.4, -0.2) is 44.7 Å². The van der Waals surface area contributed by atoms with Crippen LogP contribution in [-0.2, 0) is 14.2 Å². The van der Waals surface area contributed by atoms with Gasteiger partial charge in [-0.2, -0.15) is 0 Å². The maximum absolute atomic E-state index is 14.5. The van der Waals surface area contributed by atoms with E-state index in [0.717, 1.165) is 38.5 Å². The quantitative estimate of drug-likeness (QED) is 0.571. The zero-order chi connectivity index (χ0) is 19.3. The number of benzene rings is 1. The van der Waals surface area contributed by atoms with Crippen LogP contribution in [0.3, 0.4) is 0 Å². The molecule has 1 heterocycles. The van der Waals surface area contributed by atoms with Crippen molar-refractivity contribution in [2.45, 2.75) is 57.3 Å². The molecule has 0 bridgehead atoms. The van der Waals surface area contributed by atoms with Crippen LogP contribution in [0.15, 0.2) is 12.1 Å². The number of halogens is 1. The molecule has 0 amide bonds. The molecular weight excluding hydrogens is 353 g/mol. The van der Waals surface area contributed by atoms with Gasteiger partial charge in [0.25, 0.3) is 0 Å². The van der Waals surface area contributed by atoms with Crippen molar-refractivity contribution in [2.75, 3.05) is 32.2 Å². The molecule has 0 atom stereocenters. The van der Waals surface area contributed by atoms with Crippen LogP contribution in [0.5, 0.6) is 5.75 Å². The Hall–Kier alpha value is -1.86. The minimum Gasteiger partial charge on any atom is -0.490 e. The van der Waals surface area contributed by atoms with Gasteiger partial charge in [-0.1, -0.05) is 13.3 Å². The van der Waals surface area contributed by atoms with Gasteiger partial charge in [0.1, 0.15) is 0 Å². The number of ether oxygens (including phenoxy) is 4. The molecule has 0 unspecified atom stereocenters. The third-order valence-corrected chi connectivity index (χ3v) is 5.15. The Bertz CT molecular complexity index is 650. The monoisotopic (exact) mass is 381 g/mol. The zero-order valence-corrected chi connectivity index (χ0v) is 16.0. The fourth-order valence-corrected chi connectivity index (χ4v) is 3.60. The van der Waals surface area contributed by atoms with E-state index in [-0.39, 0.29) is 17.4 Å². The molecule has 0 aromatic heterocycles. The molecule has 27 heavy (non-hydrogen) atoms. The van der Waals surface area contributed by atoms with E-state index < -0.39 is 17.6 Å². The van der Waals surface area contributed by atoms with Gasteiger partial charge in [-0.3, -0.25) is 0 Å². The Kier molecular flexibility index (Phi) is 6.55. The Labute approximate surface area is 159 Å². The summed E-state index contributed by atoms with van der Waals surface area (Å²) in [5, 5.41) is 3.30. The van der Waals surface area contributed by atoms with Gasteiger partial charge in [-0.25, -0.2) is 9.18 Å². The first-order valence-corrected chi connectivity index (χ1v) is 9.66. The zero-order valence-electron chi connectivity index (χ0n) is 16.0. The molecule has 1 saturated carbocycles. The topological polar surface area (TPSA) is 66.0 Å². The molecule has 1 spiro atoms. The van der Waals surface area contributed by atoms with E-state index >= 15 is 0 Å². The molecule has 1 aliphatic heterocycles. The highest BCUT2D eigenvalue weighted by atomic mass is 19.1. The van der Waals surface area contributed by atoms with Crippen molar-refractivity contribution in [1.82, 2.24) is 0 Å². The van der Waals surface area contributed by atoms with Crippen molar-refractivity contribution >= 4 is 11.7 Å². The van der Waals surface area contributed by atoms with Crippen LogP contribution < -0.4 is 10.1 Å². The molecule has 1 aromatic rings. The number of unbranched alkanes of at least 4 members (excludes halogenated alkanes) is 1. The second kappa shape index (κ2) is 8.89. The number of hydrogen-bond acceptors (Lipinski definition) is 6. The second-order valence-corrected chi connectivity index (χ2v) is 7.05. The van der Waals surface area contributed by atoms with Crippen LogP contribution in [0.1, 0.15) is 55.8 Å². The standard InChI is InChI=1S/C20H28FNO5/c1-3-4-9-25-18-12-15(19(23)24-2)17(13-16(18)21)22-14-5-7-20(8-6-14)26-10-11-27-20/h12-14,22H,3-11H2,1-2H3. The Balaban J connectivity index is 1.71. The fourth-order valence-electron chi connectivity index (χ4n) is 3.60. The van der Waals surface area contributed by atoms with Crippen molar-refractivity contribution in [2.24, 2.45) is 0 Å². The largest absolute Gasteiger partial charge is 0.490 e. The second-order valence-electron chi connectivity index (χ2n) is 7.05. The van der Waals surface area contributed by atoms with Crippen molar-refractivity contribution in [1.29, 1.82) is 0 Å². The Morgan fingerprint density at radius 2 is 2.00 bits per heavy atom. The minimum absolute atomic E-state index is 0.0738. The Morgan fingerprint density at radius 3 is 2.63 bits per heavy atom. The predicted molar refractivity (Wildman–Crippen MR) is 98.7 cm³/mol. The number of nitrogens with one attached hydrogen (secondary N) is 1. The van der Waals surface area contributed by atoms with Gasteiger partial charge in [-0.15, -0.1) is 0 Å². The number of methoxy groups -OCH3 is 1. The summed E-state index contributed by atoms with van der Waals surface area (Å²) in [6.45, 7) is 3.71. The molecular formula is C20H28FNO5. The highest BCUT2D eigenvalue weighted by Gasteiger charge is 2.40. The average molecular weight is 381 g/mol. The van der Waals surface area contributed by atoms with Gasteiger partial charge < -0.3 is 24.3 Å². The summed E-state index contributed by atoms with van der Waals surface area (Å²) >= 11 is 0. The van der Waals surface area contributed by atoms with Gasteiger partial charge >= 0.3 is 5.97 Å². The first-order valence-electron chi connectivity index (χ1n) is 9.66. The van der Waals surface area contributed by atoms with Crippen LogP contribution in [0.25, 0.3) is 0 Å². The summed E-state index contributed by atoms with van der Waals surface area (Å²) in [5.41, 5.74) is 0.704. The summed E-state index contributed by atoms with van der Waals surface area (Å²) in [4.78, 5) is 12.2. The summed E-state index contributed by atoms with van der Waals surface area (Å²) < 4.78 is 36.3. The lowest BCUT2D eigenvalue weighted by Gasteiger charge is -2.36. The van der Waals surface area contributed by atoms with Crippen molar-refractivity contribution in [3.63, 3.8) is 0 Å². The molecule has 1 saturated heterocycles. The third-order valence-electron chi connectivity index (χ3n) is 5.15. The third kappa shape index (κ3) is 4.71. The first kappa shape index (κ1) is 19.9. The maximum Gasteiger partial charge on any atom is 0.340 e. The van der Waals surface area contributed by atoms with Crippen LogP contribution in [0, 0.1) is 5.82 Å². The molecule has 1 aromatic carbocycles. The molecule has 2 aliphatic rings. The number of rotatable bonds is 7. The average Bonchev–Trinajstić information content (AvgIpc) is 3.13. The molecule has 6 nitrogen and oxygen atoms in total. The SMILES string of the molecule is CCCCOc1cc(C(=O)OC)c(NC2CCC3(CC2)OCCO3)cc1F. The van der Waals surface area contributed by atoms with Gasteiger partial charge in [0.05, 0.1) is 38.2 Å². The normalized spacial score (nSPS) is 19.2. The summed E-state index contributed by atoms with van der Waals surface area (Å²) in [5.74, 6) is -1.39. The molecule has 1 N–H and O–H groups in total. The molecule has 1 aliphatic carbocycles. The fraction of sp³-hybridized carbons (Fsp3) is 0.650. The van der Waals surface area contributed by atoms with Gasteiger partial charge in [0, 0.05) is 24.9 Å². The number of carbonyl (C=O) groups excluding carboxylic acids is 1. The van der Waals surface area contributed by atoms with Crippen LogP contribution in [0.2, 0.25) is 0 Å². The number of hydrogen-bond donors (Lipinski definition) is 1. The van der Waals surface area contributed by atoms with Crippen molar-refractivity contribution < 1.29 is 28.1 Å². The van der Waals surface area contributed by atoms with E-state index in [2.05, 4.69) is 5.32 Å². The van der Waals surface area contributed by atoms with E-state index in [1.807, 2.05) is 6.92 Å². The van der Waals surface area contributed by atoms with Crippen molar-refractivity contribution in [3.8, 4) is 5.75 Å². The van der Waals surface area contributed by atoms with E-state index in [1.165, 1.54) is 19.2 Å². The van der Waals surface area contributed by atoms with Gasteiger partial charge in [0.2, 0.25) is 0 Å². The number of esters is 1. The minimum atomic E-state index is -0.521. The lowest BCUT2D eigenvalue weighted by Crippen LogP contribution is -2.39. The first-order chi connectivity index (χ1) is 13.1. The van der Waals surface area contributed by atoms with Crippen LogP contribution >= 0.6 is 0 Å². The van der Waals surface area contributed by atoms with E-state index in [0.29, 0.717) is 25.5 Å². The maximum atomic E-state index is 14.5. The van der Waals surface area contributed by atoms with E-state index in [9.17, 15) is 9.18 Å². The number of carbonyl (C=O) groups is 1. The highest BCUT2D eigenvalue weighted by Crippen LogP contribution is 2.37. The van der Waals surface area contributed by atoms with E-state index in [4.69, 9.17) is 18.9 Å².